The lowest BCUT2D eigenvalue weighted by Gasteiger charge is -2.29. The number of aryl methyl sites for hydroxylation is 1. The van der Waals surface area contributed by atoms with Crippen LogP contribution in [0.2, 0.25) is 0 Å². The van der Waals surface area contributed by atoms with E-state index in [4.69, 9.17) is 9.47 Å². The van der Waals surface area contributed by atoms with Crippen molar-refractivity contribution >= 4 is 46.3 Å². The molecule has 33 heavy (non-hydrogen) atoms. The molecule has 172 valence electrons. The molecule has 0 unspecified atom stereocenters. The van der Waals surface area contributed by atoms with Crippen LogP contribution in [0.25, 0.3) is 6.08 Å². The SMILES string of the molecule is COc1cc(N2CCOCC2)ccc1/C=C1\SC(=O)N(CC(=O)Nc2cccc(C)c2)C1=O. The van der Waals surface area contributed by atoms with Gasteiger partial charge in [0, 0.05) is 36.1 Å². The van der Waals surface area contributed by atoms with Crippen LogP contribution in [0.4, 0.5) is 16.2 Å². The number of hydrogen-bond acceptors (Lipinski definition) is 7. The summed E-state index contributed by atoms with van der Waals surface area (Å²) in [6, 6.07) is 13.0. The minimum atomic E-state index is -0.497. The zero-order valence-corrected chi connectivity index (χ0v) is 19.3. The Balaban J connectivity index is 1.47. The van der Waals surface area contributed by atoms with Crippen LogP contribution in [-0.4, -0.2) is 61.9 Å². The molecule has 2 aromatic carbocycles. The second kappa shape index (κ2) is 10.1. The average Bonchev–Trinajstić information content (AvgIpc) is 3.07. The second-order valence-corrected chi connectivity index (χ2v) is 8.70. The molecule has 3 amide bonds. The number of methoxy groups -OCH3 is 1. The van der Waals surface area contributed by atoms with Gasteiger partial charge in [-0.1, -0.05) is 12.1 Å². The molecule has 2 heterocycles. The number of ether oxygens (including phenoxy) is 2. The third-order valence-electron chi connectivity index (χ3n) is 5.36. The second-order valence-electron chi connectivity index (χ2n) is 7.71. The molecule has 0 radical (unpaired) electrons. The van der Waals surface area contributed by atoms with Gasteiger partial charge in [0.1, 0.15) is 12.3 Å². The molecular weight excluding hydrogens is 442 g/mol. The fraction of sp³-hybridized carbons (Fsp3) is 0.292. The van der Waals surface area contributed by atoms with Gasteiger partial charge in [0.05, 0.1) is 25.2 Å². The number of imide groups is 1. The highest BCUT2D eigenvalue weighted by Gasteiger charge is 2.36. The lowest BCUT2D eigenvalue weighted by Crippen LogP contribution is -2.36. The number of carbonyl (C=O) groups excluding carboxylic acids is 3. The first-order valence-electron chi connectivity index (χ1n) is 10.6. The van der Waals surface area contributed by atoms with Gasteiger partial charge in [0.2, 0.25) is 5.91 Å². The molecular formula is C24H25N3O5S. The number of rotatable bonds is 6. The molecule has 0 spiro atoms. The Morgan fingerprint density at radius 2 is 1.97 bits per heavy atom. The highest BCUT2D eigenvalue weighted by Crippen LogP contribution is 2.35. The van der Waals surface area contributed by atoms with Crippen LogP contribution in [-0.2, 0) is 14.3 Å². The Bertz CT molecular complexity index is 1110. The maximum Gasteiger partial charge on any atom is 0.294 e. The Hall–Kier alpha value is -3.30. The van der Waals surface area contributed by atoms with Crippen molar-refractivity contribution in [2.45, 2.75) is 6.92 Å². The maximum absolute atomic E-state index is 12.8. The molecule has 2 aliphatic heterocycles. The van der Waals surface area contributed by atoms with Gasteiger partial charge >= 0.3 is 0 Å². The van der Waals surface area contributed by atoms with Crippen LogP contribution in [0, 0.1) is 6.92 Å². The minimum absolute atomic E-state index is 0.251. The first-order chi connectivity index (χ1) is 15.9. The molecule has 9 heteroatoms. The van der Waals surface area contributed by atoms with E-state index in [1.807, 2.05) is 43.3 Å². The van der Waals surface area contributed by atoms with Crippen molar-refractivity contribution < 1.29 is 23.9 Å². The van der Waals surface area contributed by atoms with Crippen LogP contribution < -0.4 is 15.0 Å². The van der Waals surface area contributed by atoms with E-state index in [1.165, 1.54) is 0 Å². The smallest absolute Gasteiger partial charge is 0.294 e. The normalized spacial score (nSPS) is 17.6. The van der Waals surface area contributed by atoms with Gasteiger partial charge < -0.3 is 19.7 Å². The van der Waals surface area contributed by atoms with E-state index in [-0.39, 0.29) is 11.4 Å². The lowest BCUT2D eigenvalue weighted by atomic mass is 10.1. The topological polar surface area (TPSA) is 88.2 Å². The molecule has 2 fully saturated rings. The molecule has 2 aromatic rings. The van der Waals surface area contributed by atoms with E-state index in [1.54, 1.807) is 19.3 Å². The van der Waals surface area contributed by atoms with Crippen molar-refractivity contribution in [2.75, 3.05) is 50.2 Å². The Kier molecular flexibility index (Phi) is 7.00. The van der Waals surface area contributed by atoms with Crippen molar-refractivity contribution in [3.8, 4) is 5.75 Å². The number of anilines is 2. The van der Waals surface area contributed by atoms with Crippen LogP contribution in [0.15, 0.2) is 47.4 Å². The van der Waals surface area contributed by atoms with E-state index in [2.05, 4.69) is 10.2 Å². The van der Waals surface area contributed by atoms with Gasteiger partial charge in [-0.3, -0.25) is 19.3 Å². The van der Waals surface area contributed by atoms with E-state index in [0.29, 0.717) is 30.2 Å². The zero-order valence-electron chi connectivity index (χ0n) is 18.5. The molecule has 0 aliphatic carbocycles. The number of nitrogens with one attached hydrogen (secondary N) is 1. The molecule has 0 bridgehead atoms. The van der Waals surface area contributed by atoms with Gasteiger partial charge in [-0.2, -0.15) is 0 Å². The predicted octanol–water partition coefficient (Wildman–Crippen LogP) is 3.52. The third kappa shape index (κ3) is 5.37. The first kappa shape index (κ1) is 22.9. The fourth-order valence-corrected chi connectivity index (χ4v) is 4.51. The molecule has 0 aromatic heterocycles. The number of benzene rings is 2. The van der Waals surface area contributed by atoms with Crippen molar-refractivity contribution in [3.63, 3.8) is 0 Å². The third-order valence-corrected chi connectivity index (χ3v) is 6.26. The van der Waals surface area contributed by atoms with Crippen LogP contribution in [0.5, 0.6) is 5.75 Å². The molecule has 8 nitrogen and oxygen atoms in total. The Morgan fingerprint density at radius 1 is 1.18 bits per heavy atom. The summed E-state index contributed by atoms with van der Waals surface area (Å²) in [6.07, 6.45) is 1.63. The highest BCUT2D eigenvalue weighted by molar-refractivity contribution is 8.18. The number of morpholine rings is 1. The lowest BCUT2D eigenvalue weighted by molar-refractivity contribution is -0.127. The van der Waals surface area contributed by atoms with Crippen LogP contribution in [0.1, 0.15) is 11.1 Å². The van der Waals surface area contributed by atoms with E-state index in [0.717, 1.165) is 41.0 Å². The van der Waals surface area contributed by atoms with Gasteiger partial charge in [-0.05, 0) is 54.6 Å². The standard InChI is InChI=1S/C24H25N3O5S/c1-16-4-3-5-18(12-16)25-22(28)15-27-23(29)21(33-24(27)30)13-17-6-7-19(14-20(17)31-2)26-8-10-32-11-9-26/h3-7,12-14H,8-11,15H2,1-2H3,(H,25,28)/b21-13-. The van der Waals surface area contributed by atoms with Gasteiger partial charge in [0.15, 0.2) is 0 Å². The van der Waals surface area contributed by atoms with Gasteiger partial charge in [-0.25, -0.2) is 0 Å². The van der Waals surface area contributed by atoms with E-state index in [9.17, 15) is 14.4 Å². The highest BCUT2D eigenvalue weighted by atomic mass is 32.2. The van der Waals surface area contributed by atoms with E-state index < -0.39 is 17.1 Å². The predicted molar refractivity (Wildman–Crippen MR) is 129 cm³/mol. The van der Waals surface area contributed by atoms with Crippen molar-refractivity contribution in [1.29, 1.82) is 0 Å². The summed E-state index contributed by atoms with van der Waals surface area (Å²) in [4.78, 5) is 41.1. The van der Waals surface area contributed by atoms with Crippen LogP contribution >= 0.6 is 11.8 Å². The minimum Gasteiger partial charge on any atom is -0.496 e. The summed E-state index contributed by atoms with van der Waals surface area (Å²) in [5.41, 5.74) is 3.31. The number of amides is 3. The van der Waals surface area contributed by atoms with Gasteiger partial charge in [0.25, 0.3) is 11.1 Å². The Morgan fingerprint density at radius 3 is 2.70 bits per heavy atom. The van der Waals surface area contributed by atoms with Crippen LogP contribution in [0.3, 0.4) is 0 Å². The monoisotopic (exact) mass is 467 g/mol. The molecule has 1 N–H and O–H groups in total. The summed E-state index contributed by atoms with van der Waals surface area (Å²) in [6.45, 7) is 4.52. The Labute approximate surface area is 196 Å². The van der Waals surface area contributed by atoms with E-state index >= 15 is 0 Å². The summed E-state index contributed by atoms with van der Waals surface area (Å²) in [5.74, 6) is -0.330. The summed E-state index contributed by atoms with van der Waals surface area (Å²) >= 11 is 0.815. The number of nitrogens with zero attached hydrogens (tertiary/aromatic N) is 2. The first-order valence-corrected chi connectivity index (χ1v) is 11.4. The summed E-state index contributed by atoms with van der Waals surface area (Å²) in [5, 5.41) is 2.25. The number of carbonyl (C=O) groups is 3. The maximum atomic E-state index is 12.8. The van der Waals surface area contributed by atoms with Crippen molar-refractivity contribution in [3.05, 3.63) is 58.5 Å². The summed E-state index contributed by atoms with van der Waals surface area (Å²) < 4.78 is 10.9. The quantitative estimate of drug-likeness (QED) is 0.651. The molecule has 2 aliphatic rings. The van der Waals surface area contributed by atoms with Crippen molar-refractivity contribution in [2.24, 2.45) is 0 Å². The zero-order chi connectivity index (χ0) is 23.4. The fourth-order valence-electron chi connectivity index (χ4n) is 3.68. The molecule has 0 atom stereocenters. The largest absolute Gasteiger partial charge is 0.496 e. The number of thioether (sulfide) groups is 1. The van der Waals surface area contributed by atoms with Crippen molar-refractivity contribution in [1.82, 2.24) is 4.90 Å². The van der Waals surface area contributed by atoms with Gasteiger partial charge in [-0.15, -0.1) is 0 Å². The molecule has 0 saturated carbocycles. The average molecular weight is 468 g/mol. The molecule has 2 saturated heterocycles. The molecule has 4 rings (SSSR count). The number of hydrogen-bond donors (Lipinski definition) is 1. The summed E-state index contributed by atoms with van der Waals surface area (Å²) in [7, 11) is 1.57.